The molecular weight excluding hydrogens is 314 g/mol. The molecule has 0 aliphatic heterocycles. The third-order valence-electron chi connectivity index (χ3n) is 4.19. The summed E-state index contributed by atoms with van der Waals surface area (Å²) in [5.41, 5.74) is 2.66. The fourth-order valence-corrected chi connectivity index (χ4v) is 2.72. The van der Waals surface area contributed by atoms with Crippen molar-refractivity contribution in [3.05, 3.63) is 71.5 Å². The molecule has 0 radical (unpaired) electrons. The zero-order valence-electron chi connectivity index (χ0n) is 14.4. The number of nitrogens with one attached hydrogen (secondary N) is 1. The van der Waals surface area contributed by atoms with E-state index in [4.69, 9.17) is 4.52 Å². The highest BCUT2D eigenvalue weighted by Gasteiger charge is 2.13. The highest BCUT2D eigenvalue weighted by atomic mass is 16.5. The van der Waals surface area contributed by atoms with Crippen LogP contribution in [-0.4, -0.2) is 22.6 Å². The van der Waals surface area contributed by atoms with Gasteiger partial charge in [0.2, 0.25) is 0 Å². The maximum absolute atomic E-state index is 12.4. The molecule has 1 amide bonds. The van der Waals surface area contributed by atoms with Crippen molar-refractivity contribution in [3.8, 4) is 11.5 Å². The van der Waals surface area contributed by atoms with Crippen LogP contribution in [0, 0.1) is 6.92 Å². The predicted octanol–water partition coefficient (Wildman–Crippen LogP) is 3.97. The Balaban J connectivity index is 1.63. The fraction of sp³-hybridized carbons (Fsp3) is 0.250. The van der Waals surface area contributed by atoms with Crippen LogP contribution in [0.25, 0.3) is 11.5 Å². The summed E-state index contributed by atoms with van der Waals surface area (Å²) in [6.45, 7) is 4.51. The number of carbonyl (C=O) groups is 1. The molecule has 5 heteroatoms. The van der Waals surface area contributed by atoms with Crippen LogP contribution in [0.2, 0.25) is 0 Å². The summed E-state index contributed by atoms with van der Waals surface area (Å²) in [5.74, 6) is 1.27. The number of benzene rings is 2. The Bertz CT molecular complexity index is 826. The van der Waals surface area contributed by atoms with Crippen molar-refractivity contribution < 1.29 is 9.32 Å². The van der Waals surface area contributed by atoms with Gasteiger partial charge >= 0.3 is 0 Å². The van der Waals surface area contributed by atoms with Crippen LogP contribution in [0.4, 0.5) is 0 Å². The molecule has 1 heterocycles. The fourth-order valence-electron chi connectivity index (χ4n) is 2.72. The first-order valence-corrected chi connectivity index (χ1v) is 8.41. The lowest BCUT2D eigenvalue weighted by atomic mass is 9.96. The Kier molecular flexibility index (Phi) is 5.23. The van der Waals surface area contributed by atoms with Gasteiger partial charge in [0.1, 0.15) is 0 Å². The molecule has 1 N–H and O–H groups in total. The van der Waals surface area contributed by atoms with Gasteiger partial charge in [-0.15, -0.1) is 0 Å². The number of aryl methyl sites for hydroxylation is 1. The molecule has 1 atom stereocenters. The van der Waals surface area contributed by atoms with Crippen molar-refractivity contribution in [2.24, 2.45) is 0 Å². The lowest BCUT2D eigenvalue weighted by molar-refractivity contribution is 0.0951. The van der Waals surface area contributed by atoms with Gasteiger partial charge in [-0.05, 0) is 43.2 Å². The third kappa shape index (κ3) is 4.12. The second kappa shape index (κ2) is 7.75. The average molecular weight is 335 g/mol. The van der Waals surface area contributed by atoms with Gasteiger partial charge in [-0.25, -0.2) is 0 Å². The van der Waals surface area contributed by atoms with Gasteiger partial charge in [0, 0.05) is 23.6 Å². The average Bonchev–Trinajstić information content (AvgIpc) is 3.09. The van der Waals surface area contributed by atoms with Crippen molar-refractivity contribution in [3.63, 3.8) is 0 Å². The predicted molar refractivity (Wildman–Crippen MR) is 96.3 cm³/mol. The summed E-state index contributed by atoms with van der Waals surface area (Å²) in [7, 11) is 0. The third-order valence-corrected chi connectivity index (χ3v) is 4.19. The number of amides is 1. The molecule has 3 rings (SSSR count). The van der Waals surface area contributed by atoms with Gasteiger partial charge in [-0.1, -0.05) is 42.4 Å². The van der Waals surface area contributed by atoms with Crippen LogP contribution in [-0.2, 0) is 0 Å². The lowest BCUT2D eigenvalue weighted by Crippen LogP contribution is -2.28. The van der Waals surface area contributed by atoms with Crippen LogP contribution in [0.15, 0.2) is 59.1 Å². The normalized spacial score (nSPS) is 11.9. The Morgan fingerprint density at radius 3 is 2.44 bits per heavy atom. The standard InChI is InChI=1S/C20H21N3O2/c1-3-15(16-7-5-4-6-8-16)13-21-19(24)17-9-11-18(12-10-17)20-22-14(2)23-25-20/h4-12,15H,3,13H2,1-2H3,(H,21,24). The minimum Gasteiger partial charge on any atom is -0.351 e. The number of hydrogen-bond acceptors (Lipinski definition) is 4. The summed E-state index contributed by atoms with van der Waals surface area (Å²) in [6, 6.07) is 17.4. The number of hydrogen-bond donors (Lipinski definition) is 1. The first kappa shape index (κ1) is 16.9. The van der Waals surface area contributed by atoms with Crippen LogP contribution in [0.5, 0.6) is 0 Å². The largest absolute Gasteiger partial charge is 0.351 e. The van der Waals surface area contributed by atoms with Crippen LogP contribution in [0.1, 0.15) is 41.0 Å². The Hall–Kier alpha value is -2.95. The number of nitrogens with zero attached hydrogens (tertiary/aromatic N) is 2. The number of aromatic nitrogens is 2. The minimum absolute atomic E-state index is 0.0809. The van der Waals surface area contributed by atoms with Crippen molar-refractivity contribution in [2.45, 2.75) is 26.2 Å². The van der Waals surface area contributed by atoms with E-state index >= 15 is 0 Å². The Morgan fingerprint density at radius 2 is 1.84 bits per heavy atom. The van der Waals surface area contributed by atoms with Gasteiger partial charge in [-0.2, -0.15) is 4.98 Å². The van der Waals surface area contributed by atoms with Crippen molar-refractivity contribution >= 4 is 5.91 Å². The molecule has 5 nitrogen and oxygen atoms in total. The zero-order chi connectivity index (χ0) is 17.6. The smallest absolute Gasteiger partial charge is 0.257 e. The summed E-state index contributed by atoms with van der Waals surface area (Å²) in [6.07, 6.45) is 0.972. The molecule has 0 aliphatic rings. The van der Waals surface area contributed by atoms with E-state index in [0.29, 0.717) is 29.7 Å². The van der Waals surface area contributed by atoms with E-state index < -0.39 is 0 Å². The maximum Gasteiger partial charge on any atom is 0.257 e. The lowest BCUT2D eigenvalue weighted by Gasteiger charge is -2.16. The number of carbonyl (C=O) groups excluding carboxylic acids is 1. The summed E-state index contributed by atoms with van der Waals surface area (Å²) >= 11 is 0. The van der Waals surface area contributed by atoms with Gasteiger partial charge in [-0.3, -0.25) is 4.79 Å². The van der Waals surface area contributed by atoms with Gasteiger partial charge in [0.05, 0.1) is 0 Å². The molecule has 0 spiro atoms. The van der Waals surface area contributed by atoms with Crippen LogP contribution in [0.3, 0.4) is 0 Å². The molecule has 1 unspecified atom stereocenters. The van der Waals surface area contributed by atoms with E-state index in [1.807, 2.05) is 30.3 Å². The summed E-state index contributed by atoms with van der Waals surface area (Å²) < 4.78 is 5.13. The zero-order valence-corrected chi connectivity index (χ0v) is 14.4. The maximum atomic E-state index is 12.4. The highest BCUT2D eigenvalue weighted by Crippen LogP contribution is 2.19. The molecule has 25 heavy (non-hydrogen) atoms. The Labute approximate surface area is 147 Å². The van der Waals surface area contributed by atoms with Crippen molar-refractivity contribution in [1.82, 2.24) is 15.5 Å². The van der Waals surface area contributed by atoms with Gasteiger partial charge in [0.15, 0.2) is 5.82 Å². The first-order valence-electron chi connectivity index (χ1n) is 8.41. The highest BCUT2D eigenvalue weighted by molar-refractivity contribution is 5.94. The topological polar surface area (TPSA) is 68.0 Å². The molecule has 128 valence electrons. The van der Waals surface area contributed by atoms with Crippen molar-refractivity contribution in [1.29, 1.82) is 0 Å². The van der Waals surface area contributed by atoms with E-state index in [1.54, 1.807) is 19.1 Å². The van der Waals surface area contributed by atoms with E-state index in [0.717, 1.165) is 12.0 Å². The van der Waals surface area contributed by atoms with E-state index in [9.17, 15) is 4.79 Å². The van der Waals surface area contributed by atoms with E-state index in [1.165, 1.54) is 5.56 Å². The molecular formula is C20H21N3O2. The Morgan fingerprint density at radius 1 is 1.12 bits per heavy atom. The van der Waals surface area contributed by atoms with Crippen LogP contribution < -0.4 is 5.32 Å². The van der Waals surface area contributed by atoms with Crippen LogP contribution >= 0.6 is 0 Å². The monoisotopic (exact) mass is 335 g/mol. The molecule has 3 aromatic rings. The van der Waals surface area contributed by atoms with Gasteiger partial charge in [0.25, 0.3) is 11.8 Å². The van der Waals surface area contributed by atoms with Gasteiger partial charge < -0.3 is 9.84 Å². The molecule has 0 saturated carbocycles. The molecule has 0 aliphatic carbocycles. The molecule has 2 aromatic carbocycles. The van der Waals surface area contributed by atoms with E-state index in [-0.39, 0.29) is 5.91 Å². The van der Waals surface area contributed by atoms with Crippen molar-refractivity contribution in [2.75, 3.05) is 6.54 Å². The first-order chi connectivity index (χ1) is 12.2. The minimum atomic E-state index is -0.0809. The summed E-state index contributed by atoms with van der Waals surface area (Å²) in [4.78, 5) is 16.6. The molecule has 1 aromatic heterocycles. The summed E-state index contributed by atoms with van der Waals surface area (Å²) in [5, 5.41) is 6.79. The molecule has 0 fully saturated rings. The van der Waals surface area contributed by atoms with E-state index in [2.05, 4.69) is 34.5 Å². The molecule has 0 saturated heterocycles. The molecule has 0 bridgehead atoms. The SMILES string of the molecule is CCC(CNC(=O)c1ccc(-c2nc(C)no2)cc1)c1ccccc1. The second-order valence-corrected chi connectivity index (χ2v) is 5.95. The second-order valence-electron chi connectivity index (χ2n) is 5.95. The quantitative estimate of drug-likeness (QED) is 0.740. The number of rotatable bonds is 6.